The van der Waals surface area contributed by atoms with Gasteiger partial charge in [0.1, 0.15) is 0 Å². The zero-order valence-corrected chi connectivity index (χ0v) is 10.7. The third-order valence-electron chi connectivity index (χ3n) is 4.08. The Labute approximate surface area is 94.9 Å². The van der Waals surface area contributed by atoms with Crippen molar-refractivity contribution in [3.63, 3.8) is 0 Å². The van der Waals surface area contributed by atoms with Gasteiger partial charge in [-0.15, -0.1) is 0 Å². The fraction of sp³-hybridized carbons (Fsp3) is 1.00. The van der Waals surface area contributed by atoms with E-state index in [1.807, 2.05) is 0 Å². The molecule has 0 amide bonds. The maximum absolute atomic E-state index is 10.1. The van der Waals surface area contributed by atoms with Gasteiger partial charge in [0, 0.05) is 6.42 Å². The normalized spacial score (nSPS) is 21.6. The van der Waals surface area contributed by atoms with Crippen LogP contribution < -0.4 is 0 Å². The molecule has 15 heavy (non-hydrogen) atoms. The summed E-state index contributed by atoms with van der Waals surface area (Å²) in [4.78, 5) is 0. The molecule has 0 bridgehead atoms. The maximum Gasteiger partial charge on any atom is 0.0807 e. The van der Waals surface area contributed by atoms with Crippen LogP contribution in [0.15, 0.2) is 0 Å². The number of nitrogens with zero attached hydrogens (tertiary/aromatic N) is 1. The highest BCUT2D eigenvalue weighted by Crippen LogP contribution is 2.27. The van der Waals surface area contributed by atoms with Crippen LogP contribution in [0.5, 0.6) is 0 Å². The third-order valence-corrected chi connectivity index (χ3v) is 4.08. The van der Waals surface area contributed by atoms with E-state index >= 15 is 0 Å². The van der Waals surface area contributed by atoms with E-state index in [1.165, 1.54) is 32.1 Å². The van der Waals surface area contributed by atoms with Crippen molar-refractivity contribution in [1.29, 1.82) is 0 Å². The van der Waals surface area contributed by atoms with Crippen LogP contribution >= 0.6 is 0 Å². The number of hydrogen-bond donors (Lipinski definition) is 1. The highest BCUT2D eigenvalue weighted by Gasteiger charge is 2.23. The summed E-state index contributed by atoms with van der Waals surface area (Å²) in [6.07, 6.45) is 7.46. The fourth-order valence-electron chi connectivity index (χ4n) is 2.39. The number of rotatable bonds is 5. The Morgan fingerprint density at radius 2 is 1.80 bits per heavy atom. The minimum Gasteiger partial charge on any atom is -0.393 e. The Morgan fingerprint density at radius 3 is 2.33 bits per heavy atom. The second-order valence-corrected chi connectivity index (χ2v) is 5.73. The summed E-state index contributed by atoms with van der Waals surface area (Å²) in [5, 5.41) is 10.1. The van der Waals surface area contributed by atoms with Crippen molar-refractivity contribution >= 4 is 0 Å². The van der Waals surface area contributed by atoms with Crippen molar-refractivity contribution in [1.82, 2.24) is 0 Å². The van der Waals surface area contributed by atoms with Crippen molar-refractivity contribution in [2.45, 2.75) is 51.6 Å². The molecule has 1 unspecified atom stereocenters. The lowest BCUT2D eigenvalue weighted by molar-refractivity contribution is -0.889. The summed E-state index contributed by atoms with van der Waals surface area (Å²) in [6, 6.07) is 0. The van der Waals surface area contributed by atoms with E-state index in [-0.39, 0.29) is 6.10 Å². The summed E-state index contributed by atoms with van der Waals surface area (Å²) in [5.41, 5.74) is 0. The Hall–Kier alpha value is -0.0800. The van der Waals surface area contributed by atoms with E-state index in [2.05, 4.69) is 21.0 Å². The zero-order chi connectivity index (χ0) is 11.3. The van der Waals surface area contributed by atoms with Crippen LogP contribution in [0.4, 0.5) is 0 Å². The molecule has 0 saturated heterocycles. The van der Waals surface area contributed by atoms with E-state index in [0.29, 0.717) is 5.92 Å². The largest absolute Gasteiger partial charge is 0.393 e. The van der Waals surface area contributed by atoms with Crippen LogP contribution in [0.1, 0.15) is 45.4 Å². The van der Waals surface area contributed by atoms with Crippen LogP contribution in [0, 0.1) is 5.92 Å². The van der Waals surface area contributed by atoms with Crippen LogP contribution in [0.3, 0.4) is 0 Å². The van der Waals surface area contributed by atoms with Crippen molar-refractivity contribution in [2.75, 3.05) is 27.2 Å². The van der Waals surface area contributed by atoms with Gasteiger partial charge in [0.15, 0.2) is 0 Å². The van der Waals surface area contributed by atoms with Gasteiger partial charge < -0.3 is 9.59 Å². The van der Waals surface area contributed by atoms with Crippen LogP contribution in [0.25, 0.3) is 0 Å². The number of aliphatic hydroxyl groups excluding tert-OH is 1. The Bertz CT molecular complexity index is 173. The second kappa shape index (κ2) is 5.86. The molecule has 2 heteroatoms. The number of aliphatic hydroxyl groups is 1. The minimum atomic E-state index is -0.0470. The molecule has 1 N–H and O–H groups in total. The molecule has 0 heterocycles. The van der Waals surface area contributed by atoms with Crippen molar-refractivity contribution in [3.8, 4) is 0 Å². The number of hydrogen-bond acceptors (Lipinski definition) is 1. The molecular formula is C13H28NO+. The highest BCUT2D eigenvalue weighted by atomic mass is 16.3. The molecule has 0 radical (unpaired) electrons. The first kappa shape index (κ1) is 13.0. The first-order chi connectivity index (χ1) is 7.05. The summed E-state index contributed by atoms with van der Waals surface area (Å²) in [5.74, 6) is 0.593. The van der Waals surface area contributed by atoms with Gasteiger partial charge in [0.2, 0.25) is 0 Å². The first-order valence-corrected chi connectivity index (χ1v) is 6.55. The molecule has 1 rings (SSSR count). The van der Waals surface area contributed by atoms with E-state index < -0.39 is 0 Å². The first-order valence-electron chi connectivity index (χ1n) is 6.55. The lowest BCUT2D eigenvalue weighted by atomic mass is 9.84. The van der Waals surface area contributed by atoms with Gasteiger partial charge in [-0.2, -0.15) is 0 Å². The maximum atomic E-state index is 10.1. The lowest BCUT2D eigenvalue weighted by Crippen LogP contribution is -2.42. The summed E-state index contributed by atoms with van der Waals surface area (Å²) in [6.45, 7) is 4.47. The van der Waals surface area contributed by atoms with Crippen LogP contribution in [0.2, 0.25) is 0 Å². The predicted molar refractivity (Wildman–Crippen MR) is 64.7 cm³/mol. The van der Waals surface area contributed by atoms with Crippen molar-refractivity contribution < 1.29 is 9.59 Å². The lowest BCUT2D eigenvalue weighted by Gasteiger charge is -2.32. The summed E-state index contributed by atoms with van der Waals surface area (Å²) in [7, 11) is 4.49. The molecule has 0 aromatic heterocycles. The molecular weight excluding hydrogens is 186 g/mol. The third kappa shape index (κ3) is 4.52. The summed E-state index contributed by atoms with van der Waals surface area (Å²) < 4.78 is 1.03. The van der Waals surface area contributed by atoms with Crippen molar-refractivity contribution in [3.05, 3.63) is 0 Å². The topological polar surface area (TPSA) is 20.2 Å². The monoisotopic (exact) mass is 214 g/mol. The standard InChI is InChI=1S/C13H28NO/c1-4-14(2,3)11-10-13(15)12-8-6-5-7-9-12/h12-13,15H,4-11H2,1-3H3/q+1. The Morgan fingerprint density at radius 1 is 1.20 bits per heavy atom. The Kier molecular flexibility index (Phi) is 5.07. The minimum absolute atomic E-state index is 0.0470. The average Bonchev–Trinajstić information content (AvgIpc) is 2.27. The van der Waals surface area contributed by atoms with E-state index in [4.69, 9.17) is 0 Å². The van der Waals surface area contributed by atoms with E-state index in [0.717, 1.165) is 24.0 Å². The van der Waals surface area contributed by atoms with Gasteiger partial charge in [-0.25, -0.2) is 0 Å². The highest BCUT2D eigenvalue weighted by molar-refractivity contribution is 4.72. The van der Waals surface area contributed by atoms with Crippen molar-refractivity contribution in [2.24, 2.45) is 5.92 Å². The van der Waals surface area contributed by atoms with Crippen LogP contribution in [-0.4, -0.2) is 42.9 Å². The second-order valence-electron chi connectivity index (χ2n) is 5.73. The van der Waals surface area contributed by atoms with Gasteiger partial charge in [0.25, 0.3) is 0 Å². The van der Waals surface area contributed by atoms with Gasteiger partial charge >= 0.3 is 0 Å². The molecule has 0 aromatic carbocycles. The molecule has 2 nitrogen and oxygen atoms in total. The van der Waals surface area contributed by atoms with E-state index in [1.54, 1.807) is 0 Å². The quantitative estimate of drug-likeness (QED) is 0.697. The predicted octanol–water partition coefficient (Wildman–Crippen LogP) is 2.41. The molecule has 1 atom stereocenters. The molecule has 90 valence electrons. The molecule has 1 saturated carbocycles. The van der Waals surface area contributed by atoms with Gasteiger partial charge in [-0.3, -0.25) is 0 Å². The molecule has 1 aliphatic rings. The molecule has 0 spiro atoms. The smallest absolute Gasteiger partial charge is 0.0807 e. The SMILES string of the molecule is CC[N+](C)(C)CCC(O)C1CCCCC1. The van der Waals surface area contributed by atoms with E-state index in [9.17, 15) is 5.11 Å². The van der Waals surface area contributed by atoms with Gasteiger partial charge in [0.05, 0.1) is 33.3 Å². The molecule has 1 fully saturated rings. The van der Waals surface area contributed by atoms with Gasteiger partial charge in [-0.05, 0) is 25.7 Å². The summed E-state index contributed by atoms with van der Waals surface area (Å²) >= 11 is 0. The molecule has 0 aromatic rings. The Balaban J connectivity index is 2.25. The molecule has 1 aliphatic carbocycles. The van der Waals surface area contributed by atoms with Crippen LogP contribution in [-0.2, 0) is 0 Å². The molecule has 0 aliphatic heterocycles. The zero-order valence-electron chi connectivity index (χ0n) is 10.7. The van der Waals surface area contributed by atoms with Gasteiger partial charge in [-0.1, -0.05) is 19.3 Å². The fourth-order valence-corrected chi connectivity index (χ4v) is 2.39. The number of quaternary nitrogens is 1. The average molecular weight is 214 g/mol.